The molecule has 2 aromatic carbocycles. The molecule has 0 spiro atoms. The van der Waals surface area contributed by atoms with Gasteiger partial charge in [0.05, 0.1) is 11.4 Å². The number of nitrogen functional groups attached to an aromatic ring is 1. The summed E-state index contributed by atoms with van der Waals surface area (Å²) < 4.78 is 5.72. The Morgan fingerprint density at radius 3 is 2.67 bits per heavy atom. The standard InChI is InChI=1S/C17H17N3O/c1-12-5-7-16(8-6-12)21-11-15-10-17(20-19-15)13-3-2-4-14(18)9-13/h2-10H,11,18H2,1H3,(H,19,20). The molecule has 0 amide bonds. The van der Waals surface area contributed by atoms with Crippen LogP contribution >= 0.6 is 0 Å². The van der Waals surface area contributed by atoms with Crippen molar-refractivity contribution in [1.82, 2.24) is 10.2 Å². The molecule has 3 aromatic rings. The molecule has 106 valence electrons. The van der Waals surface area contributed by atoms with Gasteiger partial charge in [0.25, 0.3) is 0 Å². The van der Waals surface area contributed by atoms with Crippen molar-refractivity contribution >= 4 is 5.69 Å². The van der Waals surface area contributed by atoms with Gasteiger partial charge in [-0.1, -0.05) is 29.8 Å². The molecule has 1 heterocycles. The van der Waals surface area contributed by atoms with Crippen LogP contribution < -0.4 is 10.5 Å². The summed E-state index contributed by atoms with van der Waals surface area (Å²) in [6, 6.07) is 17.6. The molecule has 3 rings (SSSR count). The molecule has 0 radical (unpaired) electrons. The zero-order valence-electron chi connectivity index (χ0n) is 11.8. The molecule has 0 atom stereocenters. The number of aromatic nitrogens is 2. The normalized spacial score (nSPS) is 10.5. The SMILES string of the molecule is Cc1ccc(OCc2cc(-c3cccc(N)c3)n[nH]2)cc1. The third-order valence-electron chi connectivity index (χ3n) is 3.23. The number of nitrogens with zero attached hydrogens (tertiary/aromatic N) is 1. The number of benzene rings is 2. The predicted molar refractivity (Wildman–Crippen MR) is 83.9 cm³/mol. The summed E-state index contributed by atoms with van der Waals surface area (Å²) in [5.74, 6) is 0.848. The smallest absolute Gasteiger partial charge is 0.130 e. The summed E-state index contributed by atoms with van der Waals surface area (Å²) >= 11 is 0. The van der Waals surface area contributed by atoms with Crippen LogP contribution in [0.5, 0.6) is 5.75 Å². The number of H-pyrrole nitrogens is 1. The lowest BCUT2D eigenvalue weighted by Crippen LogP contribution is -1.95. The van der Waals surface area contributed by atoms with Crippen molar-refractivity contribution in [2.45, 2.75) is 13.5 Å². The topological polar surface area (TPSA) is 63.9 Å². The Kier molecular flexibility index (Phi) is 3.60. The Morgan fingerprint density at radius 1 is 1.10 bits per heavy atom. The number of hydrogen-bond acceptors (Lipinski definition) is 3. The maximum Gasteiger partial charge on any atom is 0.130 e. The summed E-state index contributed by atoms with van der Waals surface area (Å²) in [6.07, 6.45) is 0. The second-order valence-corrected chi connectivity index (χ2v) is 5.01. The number of aromatic amines is 1. The van der Waals surface area contributed by atoms with Gasteiger partial charge in [0.15, 0.2) is 0 Å². The van der Waals surface area contributed by atoms with Gasteiger partial charge in [-0.05, 0) is 37.3 Å². The molecule has 4 heteroatoms. The number of aryl methyl sites for hydroxylation is 1. The van der Waals surface area contributed by atoms with Crippen molar-refractivity contribution in [2.75, 3.05) is 5.73 Å². The fourth-order valence-corrected chi connectivity index (χ4v) is 2.08. The second kappa shape index (κ2) is 5.71. The number of ether oxygens (including phenoxy) is 1. The number of nitrogens with two attached hydrogens (primary N) is 1. The molecule has 0 aliphatic carbocycles. The van der Waals surface area contributed by atoms with Gasteiger partial charge in [-0.3, -0.25) is 5.10 Å². The van der Waals surface area contributed by atoms with E-state index in [1.165, 1.54) is 5.56 Å². The van der Waals surface area contributed by atoms with Crippen molar-refractivity contribution in [3.05, 3.63) is 65.9 Å². The van der Waals surface area contributed by atoms with E-state index in [1.54, 1.807) is 0 Å². The Hall–Kier alpha value is -2.75. The first-order valence-corrected chi connectivity index (χ1v) is 6.80. The van der Waals surface area contributed by atoms with Crippen LogP contribution in [0.1, 0.15) is 11.3 Å². The summed E-state index contributed by atoms with van der Waals surface area (Å²) in [5.41, 5.74) is 10.5. The van der Waals surface area contributed by atoms with E-state index in [1.807, 2.05) is 54.6 Å². The van der Waals surface area contributed by atoms with E-state index in [4.69, 9.17) is 10.5 Å². The van der Waals surface area contributed by atoms with Crippen molar-refractivity contribution in [3.8, 4) is 17.0 Å². The fraction of sp³-hybridized carbons (Fsp3) is 0.118. The van der Waals surface area contributed by atoms with Gasteiger partial charge in [0, 0.05) is 11.3 Å². The largest absolute Gasteiger partial charge is 0.487 e. The highest BCUT2D eigenvalue weighted by Gasteiger charge is 2.05. The van der Waals surface area contributed by atoms with E-state index in [0.717, 1.165) is 28.4 Å². The molecule has 21 heavy (non-hydrogen) atoms. The Labute approximate surface area is 123 Å². The maximum atomic E-state index is 5.79. The first-order valence-electron chi connectivity index (χ1n) is 6.80. The lowest BCUT2D eigenvalue weighted by atomic mass is 10.1. The van der Waals surface area contributed by atoms with Crippen LogP contribution in [0.15, 0.2) is 54.6 Å². The van der Waals surface area contributed by atoms with Gasteiger partial charge < -0.3 is 10.5 Å². The minimum Gasteiger partial charge on any atom is -0.487 e. The van der Waals surface area contributed by atoms with Crippen LogP contribution in [0.2, 0.25) is 0 Å². The number of hydrogen-bond donors (Lipinski definition) is 2. The van der Waals surface area contributed by atoms with Gasteiger partial charge in [-0.2, -0.15) is 5.10 Å². The van der Waals surface area contributed by atoms with Gasteiger partial charge in [-0.15, -0.1) is 0 Å². The van der Waals surface area contributed by atoms with Crippen molar-refractivity contribution < 1.29 is 4.74 Å². The van der Waals surface area contributed by atoms with Crippen LogP contribution in [-0.2, 0) is 6.61 Å². The summed E-state index contributed by atoms with van der Waals surface area (Å²) in [5, 5.41) is 7.28. The van der Waals surface area contributed by atoms with Crippen molar-refractivity contribution in [1.29, 1.82) is 0 Å². The van der Waals surface area contributed by atoms with E-state index < -0.39 is 0 Å². The van der Waals surface area contributed by atoms with E-state index >= 15 is 0 Å². The molecule has 3 N–H and O–H groups in total. The highest BCUT2D eigenvalue weighted by Crippen LogP contribution is 2.20. The maximum absolute atomic E-state index is 5.79. The van der Waals surface area contributed by atoms with Crippen LogP contribution in [0.25, 0.3) is 11.3 Å². The molecular weight excluding hydrogens is 262 g/mol. The Balaban J connectivity index is 1.69. The van der Waals surface area contributed by atoms with Crippen LogP contribution in [0.4, 0.5) is 5.69 Å². The number of rotatable bonds is 4. The molecule has 0 aliphatic heterocycles. The highest BCUT2D eigenvalue weighted by molar-refractivity contribution is 5.63. The lowest BCUT2D eigenvalue weighted by Gasteiger charge is -2.04. The molecule has 0 saturated heterocycles. The molecule has 0 aliphatic rings. The number of nitrogens with one attached hydrogen (secondary N) is 1. The summed E-state index contributed by atoms with van der Waals surface area (Å²) in [7, 11) is 0. The van der Waals surface area contributed by atoms with Crippen molar-refractivity contribution in [3.63, 3.8) is 0 Å². The highest BCUT2D eigenvalue weighted by atomic mass is 16.5. The van der Waals surface area contributed by atoms with E-state index in [0.29, 0.717) is 6.61 Å². The van der Waals surface area contributed by atoms with E-state index in [2.05, 4.69) is 17.1 Å². The lowest BCUT2D eigenvalue weighted by molar-refractivity contribution is 0.301. The van der Waals surface area contributed by atoms with Crippen LogP contribution in [0.3, 0.4) is 0 Å². The van der Waals surface area contributed by atoms with Crippen LogP contribution in [-0.4, -0.2) is 10.2 Å². The van der Waals surface area contributed by atoms with E-state index in [9.17, 15) is 0 Å². The average Bonchev–Trinajstić information content (AvgIpc) is 2.96. The minimum atomic E-state index is 0.457. The Bertz CT molecular complexity index is 732. The van der Waals surface area contributed by atoms with Gasteiger partial charge in [0.2, 0.25) is 0 Å². The first kappa shape index (κ1) is 13.2. The van der Waals surface area contributed by atoms with Crippen LogP contribution in [0, 0.1) is 6.92 Å². The zero-order valence-corrected chi connectivity index (χ0v) is 11.8. The zero-order chi connectivity index (χ0) is 14.7. The summed E-state index contributed by atoms with van der Waals surface area (Å²) in [6.45, 7) is 2.51. The fourth-order valence-electron chi connectivity index (χ4n) is 2.08. The van der Waals surface area contributed by atoms with Crippen molar-refractivity contribution in [2.24, 2.45) is 0 Å². The average molecular weight is 279 g/mol. The molecular formula is C17H17N3O. The quantitative estimate of drug-likeness (QED) is 0.718. The third-order valence-corrected chi connectivity index (χ3v) is 3.23. The van der Waals surface area contributed by atoms with Gasteiger partial charge in [-0.25, -0.2) is 0 Å². The third kappa shape index (κ3) is 3.23. The number of anilines is 1. The predicted octanol–water partition coefficient (Wildman–Crippen LogP) is 3.55. The minimum absolute atomic E-state index is 0.457. The Morgan fingerprint density at radius 2 is 1.90 bits per heavy atom. The molecule has 0 saturated carbocycles. The molecule has 0 fully saturated rings. The summed E-state index contributed by atoms with van der Waals surface area (Å²) in [4.78, 5) is 0. The molecule has 0 bridgehead atoms. The van der Waals surface area contributed by atoms with Gasteiger partial charge in [0.1, 0.15) is 12.4 Å². The molecule has 1 aromatic heterocycles. The van der Waals surface area contributed by atoms with E-state index in [-0.39, 0.29) is 0 Å². The molecule has 0 unspecified atom stereocenters. The second-order valence-electron chi connectivity index (χ2n) is 5.01. The van der Waals surface area contributed by atoms with Gasteiger partial charge >= 0.3 is 0 Å². The molecule has 4 nitrogen and oxygen atoms in total. The monoisotopic (exact) mass is 279 g/mol. The first-order chi connectivity index (χ1) is 10.2.